The molecule has 0 saturated carbocycles. The van der Waals surface area contributed by atoms with Gasteiger partial charge < -0.3 is 10.2 Å². The van der Waals surface area contributed by atoms with Crippen molar-refractivity contribution in [2.75, 3.05) is 16.8 Å². The van der Waals surface area contributed by atoms with Crippen LogP contribution in [0.4, 0.5) is 11.4 Å². The van der Waals surface area contributed by atoms with Crippen LogP contribution in [0.25, 0.3) is 0 Å². The van der Waals surface area contributed by atoms with Gasteiger partial charge in [0, 0.05) is 28.4 Å². The molecule has 0 aromatic heterocycles. The van der Waals surface area contributed by atoms with E-state index in [4.69, 9.17) is 0 Å². The highest BCUT2D eigenvalue weighted by atomic mass is 32.2. The van der Waals surface area contributed by atoms with Gasteiger partial charge in [-0.25, -0.2) is 0 Å². The van der Waals surface area contributed by atoms with Crippen molar-refractivity contribution in [1.82, 2.24) is 0 Å². The average Bonchev–Trinajstić information content (AvgIpc) is 3.12. The summed E-state index contributed by atoms with van der Waals surface area (Å²) in [5.41, 5.74) is 2.69. The van der Waals surface area contributed by atoms with Crippen LogP contribution < -0.4 is 10.2 Å². The molecule has 3 aromatic carbocycles. The number of nitrogens with one attached hydrogen (secondary N) is 1. The van der Waals surface area contributed by atoms with E-state index in [1.807, 2.05) is 85.8 Å². The van der Waals surface area contributed by atoms with Gasteiger partial charge in [0.05, 0.1) is 11.6 Å². The van der Waals surface area contributed by atoms with Crippen molar-refractivity contribution < 1.29 is 9.59 Å². The van der Waals surface area contributed by atoms with Gasteiger partial charge in [0.1, 0.15) is 0 Å². The third kappa shape index (κ3) is 4.35. The molecule has 29 heavy (non-hydrogen) atoms. The predicted octanol–water partition coefficient (Wildman–Crippen LogP) is 5.14. The fraction of sp³-hybridized carbons (Fsp3) is 0.167. The maximum Gasteiger partial charge on any atom is 0.229 e. The smallest absolute Gasteiger partial charge is 0.229 e. The molecule has 0 radical (unpaired) electrons. The van der Waals surface area contributed by atoms with E-state index >= 15 is 0 Å². The van der Waals surface area contributed by atoms with Gasteiger partial charge in [-0.3, -0.25) is 9.59 Å². The van der Waals surface area contributed by atoms with Gasteiger partial charge in [-0.1, -0.05) is 60.3 Å². The van der Waals surface area contributed by atoms with Gasteiger partial charge in [0.2, 0.25) is 11.8 Å². The molecule has 0 spiro atoms. The average molecular weight is 403 g/mol. The molecule has 3 aromatic rings. The van der Waals surface area contributed by atoms with Crippen molar-refractivity contribution in [1.29, 1.82) is 0 Å². The van der Waals surface area contributed by atoms with E-state index in [-0.39, 0.29) is 24.2 Å². The number of anilines is 2. The maximum atomic E-state index is 12.9. The monoisotopic (exact) mass is 402 g/mol. The fourth-order valence-electron chi connectivity index (χ4n) is 3.49. The molecule has 1 fully saturated rings. The van der Waals surface area contributed by atoms with Crippen molar-refractivity contribution in [3.63, 3.8) is 0 Å². The van der Waals surface area contributed by atoms with Crippen LogP contribution in [0.2, 0.25) is 0 Å². The Hall–Kier alpha value is -3.05. The molecule has 1 N–H and O–H groups in total. The predicted molar refractivity (Wildman–Crippen MR) is 117 cm³/mol. The lowest BCUT2D eigenvalue weighted by Crippen LogP contribution is -2.28. The Labute approximate surface area is 174 Å². The Morgan fingerprint density at radius 1 is 0.966 bits per heavy atom. The Kier molecular flexibility index (Phi) is 5.67. The second-order valence-electron chi connectivity index (χ2n) is 7.09. The van der Waals surface area contributed by atoms with E-state index in [1.54, 1.807) is 16.7 Å². The first-order valence-electron chi connectivity index (χ1n) is 9.60. The number of carbonyl (C=O) groups excluding carboxylic acids is 2. The maximum absolute atomic E-state index is 12.9. The highest BCUT2D eigenvalue weighted by molar-refractivity contribution is 7.99. The number of rotatable bonds is 5. The van der Waals surface area contributed by atoms with Crippen LogP contribution >= 0.6 is 11.8 Å². The molecular formula is C24H22N2O2S. The topological polar surface area (TPSA) is 49.4 Å². The van der Waals surface area contributed by atoms with Gasteiger partial charge in [-0.15, -0.1) is 0 Å². The van der Waals surface area contributed by atoms with Gasteiger partial charge in [0.15, 0.2) is 0 Å². The highest BCUT2D eigenvalue weighted by Gasteiger charge is 2.35. The Morgan fingerprint density at radius 3 is 2.45 bits per heavy atom. The minimum atomic E-state index is -0.364. The summed E-state index contributed by atoms with van der Waals surface area (Å²) in [5.74, 6) is -0.487. The molecule has 1 aliphatic rings. The fourth-order valence-corrected chi connectivity index (χ4v) is 4.41. The van der Waals surface area contributed by atoms with Crippen molar-refractivity contribution in [3.05, 3.63) is 84.4 Å². The second kappa shape index (κ2) is 8.53. The molecule has 5 heteroatoms. The number of amides is 2. The summed E-state index contributed by atoms with van der Waals surface area (Å²) >= 11 is 1.61. The van der Waals surface area contributed by atoms with Crippen molar-refractivity contribution >= 4 is 35.0 Å². The van der Waals surface area contributed by atoms with Gasteiger partial charge >= 0.3 is 0 Å². The van der Waals surface area contributed by atoms with Crippen LogP contribution in [0.3, 0.4) is 0 Å². The van der Waals surface area contributed by atoms with E-state index in [0.29, 0.717) is 6.54 Å². The van der Waals surface area contributed by atoms with Crippen molar-refractivity contribution in [2.45, 2.75) is 23.1 Å². The molecule has 4 rings (SSSR count). The number of carbonyl (C=O) groups is 2. The molecule has 4 nitrogen and oxygen atoms in total. The Bertz CT molecular complexity index is 1040. The van der Waals surface area contributed by atoms with Crippen LogP contribution in [0.5, 0.6) is 0 Å². The van der Waals surface area contributed by atoms with E-state index in [9.17, 15) is 9.59 Å². The summed E-state index contributed by atoms with van der Waals surface area (Å²) in [6.45, 7) is 2.39. The van der Waals surface area contributed by atoms with E-state index < -0.39 is 0 Å². The minimum absolute atomic E-state index is 0.00797. The molecule has 2 amide bonds. The van der Waals surface area contributed by atoms with E-state index in [1.165, 1.54) is 0 Å². The SMILES string of the molecule is Cc1ccccc1N1C[C@H](C(=O)Nc2ccccc2Sc2ccccc2)CC1=O. The zero-order valence-electron chi connectivity index (χ0n) is 16.2. The van der Waals surface area contributed by atoms with E-state index in [2.05, 4.69) is 5.32 Å². The quantitative estimate of drug-likeness (QED) is 0.643. The number of aryl methyl sites for hydroxylation is 1. The number of para-hydroxylation sites is 2. The molecule has 146 valence electrons. The minimum Gasteiger partial charge on any atom is -0.325 e. The number of hydrogen-bond acceptors (Lipinski definition) is 3. The van der Waals surface area contributed by atoms with Crippen LogP contribution in [-0.2, 0) is 9.59 Å². The summed E-state index contributed by atoms with van der Waals surface area (Å²) in [6.07, 6.45) is 0.230. The standard InChI is InChI=1S/C24H22N2O2S/c1-17-9-5-7-13-21(17)26-16-18(15-23(26)27)24(28)25-20-12-6-8-14-22(20)29-19-10-3-2-4-11-19/h2-14,18H,15-16H2,1H3,(H,25,28)/t18-/m1/s1. The molecule has 0 aliphatic carbocycles. The molecule has 0 bridgehead atoms. The normalized spacial score (nSPS) is 16.1. The largest absolute Gasteiger partial charge is 0.325 e. The van der Waals surface area contributed by atoms with E-state index in [0.717, 1.165) is 26.7 Å². The van der Waals surface area contributed by atoms with Gasteiger partial charge in [-0.05, 0) is 42.8 Å². The molecule has 1 saturated heterocycles. The molecule has 1 heterocycles. The van der Waals surface area contributed by atoms with Gasteiger partial charge in [0.25, 0.3) is 0 Å². The van der Waals surface area contributed by atoms with Crippen LogP contribution in [0.1, 0.15) is 12.0 Å². The summed E-state index contributed by atoms with van der Waals surface area (Å²) < 4.78 is 0. The highest BCUT2D eigenvalue weighted by Crippen LogP contribution is 2.34. The molecule has 1 aliphatic heterocycles. The lowest BCUT2D eigenvalue weighted by Gasteiger charge is -2.19. The first-order chi connectivity index (χ1) is 14.1. The Balaban J connectivity index is 1.48. The molecular weight excluding hydrogens is 380 g/mol. The summed E-state index contributed by atoms with van der Waals surface area (Å²) in [4.78, 5) is 29.3. The lowest BCUT2D eigenvalue weighted by molar-refractivity contribution is -0.122. The van der Waals surface area contributed by atoms with Crippen LogP contribution in [-0.4, -0.2) is 18.4 Å². The van der Waals surface area contributed by atoms with Gasteiger partial charge in [-0.2, -0.15) is 0 Å². The lowest BCUT2D eigenvalue weighted by atomic mass is 10.1. The van der Waals surface area contributed by atoms with Crippen molar-refractivity contribution in [2.24, 2.45) is 5.92 Å². The van der Waals surface area contributed by atoms with Crippen LogP contribution in [0, 0.1) is 12.8 Å². The van der Waals surface area contributed by atoms with Crippen LogP contribution in [0.15, 0.2) is 88.7 Å². The summed E-state index contributed by atoms with van der Waals surface area (Å²) in [6, 6.07) is 25.6. The van der Waals surface area contributed by atoms with Crippen molar-refractivity contribution in [3.8, 4) is 0 Å². The summed E-state index contributed by atoms with van der Waals surface area (Å²) in [7, 11) is 0. The third-order valence-electron chi connectivity index (χ3n) is 5.02. The first kappa shape index (κ1) is 19.3. The molecule has 0 unspecified atom stereocenters. The number of benzene rings is 3. The zero-order chi connectivity index (χ0) is 20.2. The first-order valence-corrected chi connectivity index (χ1v) is 10.4. The number of hydrogen-bond donors (Lipinski definition) is 1. The third-order valence-corrected chi connectivity index (χ3v) is 6.10. The number of nitrogens with zero attached hydrogens (tertiary/aromatic N) is 1. The second-order valence-corrected chi connectivity index (χ2v) is 8.21. The molecule has 1 atom stereocenters. The summed E-state index contributed by atoms with van der Waals surface area (Å²) in [5, 5.41) is 3.04. The zero-order valence-corrected chi connectivity index (χ0v) is 17.0. The Morgan fingerprint density at radius 2 is 1.66 bits per heavy atom.